The van der Waals surface area contributed by atoms with E-state index in [1.807, 2.05) is 6.92 Å². The van der Waals surface area contributed by atoms with Gasteiger partial charge in [0.2, 0.25) is 5.91 Å². The molecule has 1 atom stereocenters. The molecule has 0 aromatic rings. The van der Waals surface area contributed by atoms with Crippen LogP contribution in [0.5, 0.6) is 0 Å². The molecule has 1 aliphatic heterocycles. The second-order valence-electron chi connectivity index (χ2n) is 4.81. The van der Waals surface area contributed by atoms with E-state index in [2.05, 4.69) is 5.32 Å². The number of ether oxygens (including phenoxy) is 1. The second kappa shape index (κ2) is 5.14. The maximum absolute atomic E-state index is 11.5. The Morgan fingerprint density at radius 1 is 1.60 bits per heavy atom. The van der Waals surface area contributed by atoms with Gasteiger partial charge in [-0.2, -0.15) is 0 Å². The van der Waals surface area contributed by atoms with Crippen molar-refractivity contribution in [2.45, 2.75) is 44.8 Å². The molecule has 4 nitrogen and oxygen atoms in total. The molecule has 1 rings (SSSR count). The van der Waals surface area contributed by atoms with E-state index in [4.69, 9.17) is 10.5 Å². The zero-order valence-corrected chi connectivity index (χ0v) is 10.4. The van der Waals surface area contributed by atoms with Crippen LogP contribution in [0, 0.1) is 0 Å². The van der Waals surface area contributed by atoms with Crippen LogP contribution >= 0.6 is 12.4 Å². The molecule has 3 N–H and O–H groups in total. The van der Waals surface area contributed by atoms with Gasteiger partial charge in [0.15, 0.2) is 0 Å². The van der Waals surface area contributed by atoms with Gasteiger partial charge in [0.25, 0.3) is 0 Å². The molecular formula is C10H21ClN2O2. The third-order valence-corrected chi connectivity index (χ3v) is 2.51. The predicted molar refractivity (Wildman–Crippen MR) is 62.1 cm³/mol. The second-order valence-corrected chi connectivity index (χ2v) is 4.81. The lowest BCUT2D eigenvalue weighted by Crippen LogP contribution is -2.52. The van der Waals surface area contributed by atoms with Gasteiger partial charge in [-0.1, -0.05) is 0 Å². The summed E-state index contributed by atoms with van der Waals surface area (Å²) in [6.45, 7) is 6.75. The van der Waals surface area contributed by atoms with Crippen molar-refractivity contribution in [1.29, 1.82) is 0 Å². The summed E-state index contributed by atoms with van der Waals surface area (Å²) in [5.41, 5.74) is 4.65. The van der Waals surface area contributed by atoms with Crippen LogP contribution in [0.3, 0.4) is 0 Å². The number of carbonyl (C=O) groups is 1. The van der Waals surface area contributed by atoms with Crippen LogP contribution in [-0.4, -0.2) is 30.2 Å². The normalized spacial score (nSPS) is 25.9. The topological polar surface area (TPSA) is 64.4 Å². The lowest BCUT2D eigenvalue weighted by molar-refractivity contribution is -0.126. The molecular weight excluding hydrogens is 216 g/mol. The van der Waals surface area contributed by atoms with Gasteiger partial charge >= 0.3 is 0 Å². The van der Waals surface area contributed by atoms with E-state index in [1.54, 1.807) is 13.8 Å². The lowest BCUT2D eigenvalue weighted by Gasteiger charge is -2.26. The Morgan fingerprint density at radius 3 is 2.60 bits per heavy atom. The molecule has 0 saturated carbocycles. The van der Waals surface area contributed by atoms with E-state index in [1.165, 1.54) is 0 Å². The molecule has 1 heterocycles. The minimum absolute atomic E-state index is 0. The standard InChI is InChI=1S/C10H20N2O2.ClH/c1-9(2,11)8(13)12-7-10(3)5-4-6-14-10;/h4-7,11H2,1-3H3,(H,12,13);1H. The van der Waals surface area contributed by atoms with Gasteiger partial charge in [0.05, 0.1) is 11.1 Å². The van der Waals surface area contributed by atoms with Crippen LogP contribution in [0.2, 0.25) is 0 Å². The van der Waals surface area contributed by atoms with Crippen LogP contribution in [0.15, 0.2) is 0 Å². The number of carbonyl (C=O) groups excluding carboxylic acids is 1. The lowest BCUT2D eigenvalue weighted by atomic mass is 10.0. The van der Waals surface area contributed by atoms with Crippen molar-refractivity contribution in [2.24, 2.45) is 5.73 Å². The van der Waals surface area contributed by atoms with Crippen molar-refractivity contribution in [1.82, 2.24) is 5.32 Å². The van der Waals surface area contributed by atoms with Gasteiger partial charge in [0, 0.05) is 13.2 Å². The minimum atomic E-state index is -0.811. The molecule has 1 fully saturated rings. The largest absolute Gasteiger partial charge is 0.373 e. The molecule has 0 bridgehead atoms. The van der Waals surface area contributed by atoms with Crippen molar-refractivity contribution < 1.29 is 9.53 Å². The highest BCUT2D eigenvalue weighted by molar-refractivity contribution is 5.85. The summed E-state index contributed by atoms with van der Waals surface area (Å²) < 4.78 is 5.55. The van der Waals surface area contributed by atoms with Crippen LogP contribution in [0.25, 0.3) is 0 Å². The van der Waals surface area contributed by atoms with Crippen molar-refractivity contribution in [3.8, 4) is 0 Å². The molecule has 0 aromatic carbocycles. The Hall–Kier alpha value is -0.320. The summed E-state index contributed by atoms with van der Waals surface area (Å²) in [5, 5.41) is 2.82. The highest BCUT2D eigenvalue weighted by Gasteiger charge is 2.31. The quantitative estimate of drug-likeness (QED) is 0.763. The zero-order valence-electron chi connectivity index (χ0n) is 9.63. The summed E-state index contributed by atoms with van der Waals surface area (Å²) >= 11 is 0. The maximum atomic E-state index is 11.5. The van der Waals surface area contributed by atoms with Gasteiger partial charge in [0.1, 0.15) is 0 Å². The maximum Gasteiger partial charge on any atom is 0.239 e. The van der Waals surface area contributed by atoms with E-state index in [0.717, 1.165) is 19.4 Å². The van der Waals surface area contributed by atoms with E-state index in [9.17, 15) is 4.79 Å². The van der Waals surface area contributed by atoms with Crippen LogP contribution < -0.4 is 11.1 Å². The highest BCUT2D eigenvalue weighted by atomic mass is 35.5. The fourth-order valence-corrected chi connectivity index (χ4v) is 1.47. The molecule has 90 valence electrons. The first-order chi connectivity index (χ1) is 6.33. The molecule has 15 heavy (non-hydrogen) atoms. The monoisotopic (exact) mass is 236 g/mol. The van der Waals surface area contributed by atoms with Crippen LogP contribution in [0.1, 0.15) is 33.6 Å². The van der Waals surface area contributed by atoms with Crippen LogP contribution in [0.4, 0.5) is 0 Å². The van der Waals surface area contributed by atoms with Gasteiger partial charge < -0.3 is 15.8 Å². The van der Waals surface area contributed by atoms with Gasteiger partial charge in [-0.3, -0.25) is 4.79 Å². The number of nitrogens with one attached hydrogen (secondary N) is 1. The van der Waals surface area contributed by atoms with Gasteiger partial charge in [-0.05, 0) is 33.6 Å². The third kappa shape index (κ3) is 4.36. The third-order valence-electron chi connectivity index (χ3n) is 2.51. The van der Waals surface area contributed by atoms with E-state index in [-0.39, 0.29) is 23.9 Å². The smallest absolute Gasteiger partial charge is 0.239 e. The summed E-state index contributed by atoms with van der Waals surface area (Å²) in [5.74, 6) is -0.130. The van der Waals surface area contributed by atoms with E-state index in [0.29, 0.717) is 6.54 Å². The van der Waals surface area contributed by atoms with Crippen molar-refractivity contribution in [2.75, 3.05) is 13.2 Å². The van der Waals surface area contributed by atoms with Crippen molar-refractivity contribution >= 4 is 18.3 Å². The Kier molecular flexibility index (Phi) is 5.03. The Morgan fingerprint density at radius 2 is 2.20 bits per heavy atom. The zero-order chi connectivity index (χ0) is 10.8. The SMILES string of the molecule is CC1(CNC(=O)C(C)(C)N)CCCO1.Cl. The van der Waals surface area contributed by atoms with E-state index < -0.39 is 5.54 Å². The molecule has 1 amide bonds. The van der Waals surface area contributed by atoms with E-state index >= 15 is 0 Å². The number of amides is 1. The number of halogens is 1. The molecule has 0 radical (unpaired) electrons. The van der Waals surface area contributed by atoms with Crippen molar-refractivity contribution in [3.05, 3.63) is 0 Å². The van der Waals surface area contributed by atoms with Gasteiger partial charge in [-0.15, -0.1) is 12.4 Å². The molecule has 0 spiro atoms. The fourth-order valence-electron chi connectivity index (χ4n) is 1.47. The number of nitrogens with two attached hydrogens (primary N) is 1. The first-order valence-electron chi connectivity index (χ1n) is 5.05. The first-order valence-corrected chi connectivity index (χ1v) is 5.05. The van der Waals surface area contributed by atoms with Crippen molar-refractivity contribution in [3.63, 3.8) is 0 Å². The number of hydrogen-bond donors (Lipinski definition) is 2. The molecule has 0 aromatic heterocycles. The Bertz CT molecular complexity index is 220. The van der Waals surface area contributed by atoms with Crippen LogP contribution in [-0.2, 0) is 9.53 Å². The Balaban J connectivity index is 0.00000196. The summed E-state index contributed by atoms with van der Waals surface area (Å²) in [6, 6.07) is 0. The Labute approximate surface area is 97.3 Å². The summed E-state index contributed by atoms with van der Waals surface area (Å²) in [7, 11) is 0. The molecule has 1 unspecified atom stereocenters. The summed E-state index contributed by atoms with van der Waals surface area (Å²) in [4.78, 5) is 11.5. The molecule has 5 heteroatoms. The first kappa shape index (κ1) is 14.7. The summed E-state index contributed by atoms with van der Waals surface area (Å²) in [6.07, 6.45) is 2.07. The highest BCUT2D eigenvalue weighted by Crippen LogP contribution is 2.23. The molecule has 0 aliphatic carbocycles. The molecule has 1 aliphatic rings. The number of rotatable bonds is 3. The van der Waals surface area contributed by atoms with Gasteiger partial charge in [-0.25, -0.2) is 0 Å². The average molecular weight is 237 g/mol. The fraction of sp³-hybridized carbons (Fsp3) is 0.900. The average Bonchev–Trinajstić information content (AvgIpc) is 2.47. The predicted octanol–water partition coefficient (Wildman–Crippen LogP) is 0.831. The number of hydrogen-bond acceptors (Lipinski definition) is 3. The molecule has 1 saturated heterocycles. The minimum Gasteiger partial charge on any atom is -0.373 e.